The lowest BCUT2D eigenvalue weighted by Gasteiger charge is -2.36. The molecule has 1 aromatic carbocycles. The molecule has 1 aromatic rings. The molecule has 5 atom stereocenters. The number of rotatable bonds is 2. The number of nitrogens with zero attached hydrogens (tertiary/aromatic N) is 2. The summed E-state index contributed by atoms with van der Waals surface area (Å²) in [7, 11) is 0. The van der Waals surface area contributed by atoms with Crippen molar-refractivity contribution in [1.82, 2.24) is 9.80 Å². The summed E-state index contributed by atoms with van der Waals surface area (Å²) in [5, 5.41) is 3.48. The highest BCUT2D eigenvalue weighted by Crippen LogP contribution is 2.60. The van der Waals surface area contributed by atoms with Crippen molar-refractivity contribution in [2.24, 2.45) is 11.8 Å². The van der Waals surface area contributed by atoms with E-state index in [1.807, 2.05) is 0 Å². The highest BCUT2D eigenvalue weighted by Gasteiger charge is 2.74. The molecule has 6 rings (SSSR count). The summed E-state index contributed by atoms with van der Waals surface area (Å²) in [5.74, 6) is -1.79. The summed E-state index contributed by atoms with van der Waals surface area (Å²) >= 11 is 6.29. The molecular weight excluding hydrogens is 394 g/mol. The van der Waals surface area contributed by atoms with Gasteiger partial charge in [-0.2, -0.15) is 0 Å². The number of ether oxygens (including phenoxy) is 1. The fourth-order valence-electron chi connectivity index (χ4n) is 6.41. The fourth-order valence-corrected chi connectivity index (χ4v) is 6.58. The topological polar surface area (TPSA) is 79.0 Å². The van der Waals surface area contributed by atoms with Crippen molar-refractivity contribution >= 4 is 35.0 Å². The summed E-state index contributed by atoms with van der Waals surface area (Å²) in [4.78, 5) is 44.0. The van der Waals surface area contributed by atoms with Crippen LogP contribution in [0.2, 0.25) is 5.02 Å². The summed E-state index contributed by atoms with van der Waals surface area (Å²) in [5.41, 5.74) is 0.266. The smallest absolute Gasteiger partial charge is 0.250 e. The van der Waals surface area contributed by atoms with Gasteiger partial charge in [0.1, 0.15) is 5.54 Å². The Labute approximate surface area is 173 Å². The third kappa shape index (κ3) is 2.13. The molecule has 1 spiro atoms. The third-order valence-corrected chi connectivity index (χ3v) is 7.69. The Bertz CT molecular complexity index is 946. The molecule has 0 unspecified atom stereocenters. The van der Waals surface area contributed by atoms with Gasteiger partial charge in [0.2, 0.25) is 17.7 Å². The van der Waals surface area contributed by atoms with E-state index in [1.54, 1.807) is 18.2 Å². The van der Waals surface area contributed by atoms with Crippen LogP contribution in [0.1, 0.15) is 31.2 Å². The number of benzene rings is 1. The van der Waals surface area contributed by atoms with Crippen molar-refractivity contribution in [3.05, 3.63) is 28.8 Å². The van der Waals surface area contributed by atoms with Crippen LogP contribution in [-0.4, -0.2) is 59.4 Å². The van der Waals surface area contributed by atoms with Crippen molar-refractivity contribution in [3.8, 4) is 0 Å². The number of nitrogens with one attached hydrogen (secondary N) is 1. The van der Waals surface area contributed by atoms with Crippen LogP contribution >= 0.6 is 11.6 Å². The maximum atomic E-state index is 13.6. The summed E-state index contributed by atoms with van der Waals surface area (Å²) in [6.07, 6.45) is 3.43. The van der Waals surface area contributed by atoms with Crippen molar-refractivity contribution in [2.75, 3.05) is 25.0 Å². The molecule has 3 amide bonds. The van der Waals surface area contributed by atoms with Gasteiger partial charge in [0.05, 0.1) is 24.5 Å². The Morgan fingerprint density at radius 2 is 2.03 bits per heavy atom. The average Bonchev–Trinajstić information content (AvgIpc) is 3.47. The summed E-state index contributed by atoms with van der Waals surface area (Å²) in [6.45, 7) is 1.66. The standard InChI is InChI=1S/C21H22ClN3O4/c22-11-5-6-14-13(9-11)21(20(28)23-14)17-16(15-4-1-7-25(15)21)18(26)24(19(17)27)10-12-3-2-8-29-12/h5-6,9,12,15-17H,1-4,7-8,10H2,(H,23,28)/t12-,15-,16+,17+,21-/m0/s1. The second kappa shape index (κ2) is 6.03. The van der Waals surface area contributed by atoms with Crippen LogP contribution in [0.25, 0.3) is 0 Å². The van der Waals surface area contributed by atoms with Gasteiger partial charge in [0.15, 0.2) is 0 Å². The van der Waals surface area contributed by atoms with E-state index in [2.05, 4.69) is 10.2 Å². The number of anilines is 1. The first-order valence-electron chi connectivity index (χ1n) is 10.4. The van der Waals surface area contributed by atoms with Gasteiger partial charge in [-0.1, -0.05) is 11.6 Å². The quantitative estimate of drug-likeness (QED) is 0.744. The number of carbonyl (C=O) groups excluding carboxylic acids is 3. The number of hydrogen-bond donors (Lipinski definition) is 1. The lowest BCUT2D eigenvalue weighted by atomic mass is 9.75. The van der Waals surface area contributed by atoms with E-state index in [0.717, 1.165) is 31.2 Å². The van der Waals surface area contributed by atoms with Crippen molar-refractivity contribution in [3.63, 3.8) is 0 Å². The van der Waals surface area contributed by atoms with E-state index >= 15 is 0 Å². The highest BCUT2D eigenvalue weighted by atomic mass is 35.5. The lowest BCUT2D eigenvalue weighted by molar-refractivity contribution is -0.147. The molecule has 4 saturated heterocycles. The first-order chi connectivity index (χ1) is 14.0. The van der Waals surface area contributed by atoms with Crippen molar-refractivity contribution < 1.29 is 19.1 Å². The minimum absolute atomic E-state index is 0.0957. The largest absolute Gasteiger partial charge is 0.376 e. The molecule has 0 radical (unpaired) electrons. The number of hydrogen-bond acceptors (Lipinski definition) is 5. The van der Waals surface area contributed by atoms with E-state index in [0.29, 0.717) is 23.9 Å². The molecule has 0 saturated carbocycles. The van der Waals surface area contributed by atoms with Crippen LogP contribution in [0, 0.1) is 11.8 Å². The van der Waals surface area contributed by atoms with Gasteiger partial charge in [-0.15, -0.1) is 0 Å². The molecule has 4 fully saturated rings. The average molecular weight is 416 g/mol. The molecular formula is C21H22ClN3O4. The fraction of sp³-hybridized carbons (Fsp3) is 0.571. The van der Waals surface area contributed by atoms with Crippen LogP contribution in [0.15, 0.2) is 18.2 Å². The Morgan fingerprint density at radius 3 is 2.83 bits per heavy atom. The zero-order chi connectivity index (χ0) is 19.9. The van der Waals surface area contributed by atoms with Gasteiger partial charge >= 0.3 is 0 Å². The number of likely N-dealkylation sites (tertiary alicyclic amines) is 1. The zero-order valence-electron chi connectivity index (χ0n) is 15.9. The predicted molar refractivity (Wildman–Crippen MR) is 104 cm³/mol. The number of amides is 3. The van der Waals surface area contributed by atoms with Gasteiger partial charge in [0.25, 0.3) is 0 Å². The van der Waals surface area contributed by atoms with Crippen molar-refractivity contribution in [2.45, 2.75) is 43.4 Å². The molecule has 0 aromatic heterocycles. The predicted octanol–water partition coefficient (Wildman–Crippen LogP) is 1.75. The minimum Gasteiger partial charge on any atom is -0.376 e. The van der Waals surface area contributed by atoms with Gasteiger partial charge in [-0.25, -0.2) is 0 Å². The maximum absolute atomic E-state index is 13.6. The second-order valence-corrected chi connectivity index (χ2v) is 9.18. The van der Waals surface area contributed by atoms with E-state index < -0.39 is 17.4 Å². The van der Waals surface area contributed by atoms with Gasteiger partial charge in [0, 0.05) is 28.9 Å². The summed E-state index contributed by atoms with van der Waals surface area (Å²) in [6, 6.07) is 5.21. The second-order valence-electron chi connectivity index (χ2n) is 8.74. The molecule has 152 valence electrons. The highest BCUT2D eigenvalue weighted by molar-refractivity contribution is 6.31. The first kappa shape index (κ1) is 17.9. The molecule has 0 bridgehead atoms. The number of imide groups is 1. The monoisotopic (exact) mass is 415 g/mol. The molecule has 5 heterocycles. The number of halogens is 1. The van der Waals surface area contributed by atoms with Crippen LogP contribution in [0.4, 0.5) is 5.69 Å². The Kier molecular flexibility index (Phi) is 3.71. The molecule has 29 heavy (non-hydrogen) atoms. The van der Waals surface area contributed by atoms with Crippen LogP contribution in [0.5, 0.6) is 0 Å². The Balaban J connectivity index is 1.48. The molecule has 1 N–H and O–H groups in total. The van der Waals surface area contributed by atoms with E-state index in [4.69, 9.17) is 16.3 Å². The molecule has 0 aliphatic carbocycles. The summed E-state index contributed by atoms with van der Waals surface area (Å²) < 4.78 is 5.68. The molecule has 5 aliphatic heterocycles. The lowest BCUT2D eigenvalue weighted by Crippen LogP contribution is -2.54. The first-order valence-corrected chi connectivity index (χ1v) is 10.8. The molecule has 8 heteroatoms. The van der Waals surface area contributed by atoms with E-state index in [9.17, 15) is 14.4 Å². The van der Waals surface area contributed by atoms with Gasteiger partial charge in [-0.3, -0.25) is 24.2 Å². The van der Waals surface area contributed by atoms with Gasteiger partial charge < -0.3 is 10.1 Å². The molecule has 5 aliphatic rings. The Hall–Kier alpha value is -1.96. The zero-order valence-corrected chi connectivity index (χ0v) is 16.7. The normalized spacial score (nSPS) is 38.1. The van der Waals surface area contributed by atoms with Crippen LogP contribution in [0.3, 0.4) is 0 Å². The number of fused-ring (bicyclic) bond motifs is 7. The minimum atomic E-state index is -1.15. The maximum Gasteiger partial charge on any atom is 0.250 e. The molecule has 7 nitrogen and oxygen atoms in total. The van der Waals surface area contributed by atoms with E-state index in [-0.39, 0.29) is 36.4 Å². The van der Waals surface area contributed by atoms with Crippen LogP contribution < -0.4 is 5.32 Å². The Morgan fingerprint density at radius 1 is 1.17 bits per heavy atom. The van der Waals surface area contributed by atoms with Gasteiger partial charge in [-0.05, 0) is 50.4 Å². The van der Waals surface area contributed by atoms with E-state index in [1.165, 1.54) is 4.90 Å². The SMILES string of the molecule is O=C1[C@@H]2[C@@H]3CCCN3[C@]3(C(=O)Nc4ccc(Cl)cc43)[C@H]2C(=O)N1C[C@@H]1CCCO1. The third-order valence-electron chi connectivity index (χ3n) is 7.46. The number of carbonyl (C=O) groups is 3. The van der Waals surface area contributed by atoms with Crippen LogP contribution in [-0.2, 0) is 24.7 Å². The van der Waals surface area contributed by atoms with Crippen molar-refractivity contribution in [1.29, 1.82) is 0 Å².